The SMILES string of the molecule is CCOc1ccc(OC)cc1C1=NC(c2ccc(Cl)cc2)C(c2ccc(Cl)cc2)N1C(=O)N1CCN(CCO)CC1.Cl. The topological polar surface area (TPSA) is 77.8 Å². The third kappa shape index (κ3) is 6.79. The van der Waals surface area contributed by atoms with E-state index in [-0.39, 0.29) is 25.0 Å². The van der Waals surface area contributed by atoms with Gasteiger partial charge in [0.1, 0.15) is 23.4 Å². The highest BCUT2D eigenvalue weighted by Gasteiger charge is 2.45. The summed E-state index contributed by atoms with van der Waals surface area (Å²) >= 11 is 12.5. The van der Waals surface area contributed by atoms with E-state index in [4.69, 9.17) is 37.7 Å². The number of hydrogen-bond donors (Lipinski definition) is 1. The lowest BCUT2D eigenvalue weighted by Crippen LogP contribution is -2.54. The molecular weight excluding hydrogens is 599 g/mol. The maximum Gasteiger partial charge on any atom is 0.326 e. The van der Waals surface area contributed by atoms with Crippen LogP contribution in [0.1, 0.15) is 35.7 Å². The van der Waals surface area contributed by atoms with Gasteiger partial charge in [0.2, 0.25) is 0 Å². The Morgan fingerprint density at radius 2 is 1.57 bits per heavy atom. The predicted molar refractivity (Wildman–Crippen MR) is 169 cm³/mol. The molecule has 0 aliphatic carbocycles. The number of rotatable bonds is 8. The van der Waals surface area contributed by atoms with Gasteiger partial charge >= 0.3 is 6.03 Å². The lowest BCUT2D eigenvalue weighted by molar-refractivity contribution is 0.108. The molecule has 0 aromatic heterocycles. The van der Waals surface area contributed by atoms with Gasteiger partial charge in [-0.15, -0.1) is 12.4 Å². The fraction of sp³-hybridized carbons (Fsp3) is 0.355. The molecule has 42 heavy (non-hydrogen) atoms. The number of nitrogens with zero attached hydrogens (tertiary/aromatic N) is 4. The number of piperazine rings is 1. The lowest BCUT2D eigenvalue weighted by atomic mass is 9.93. The fourth-order valence-electron chi connectivity index (χ4n) is 5.40. The fourth-order valence-corrected chi connectivity index (χ4v) is 5.66. The Morgan fingerprint density at radius 1 is 0.952 bits per heavy atom. The number of aliphatic hydroxyl groups is 1. The number of aliphatic imine (C=N–C) groups is 1. The Hall–Kier alpha value is -3.01. The molecule has 8 nitrogen and oxygen atoms in total. The molecule has 3 aromatic carbocycles. The van der Waals surface area contributed by atoms with Crippen LogP contribution in [0.5, 0.6) is 11.5 Å². The molecule has 2 heterocycles. The number of halogens is 3. The number of urea groups is 1. The quantitative estimate of drug-likeness (QED) is 0.325. The maximum absolute atomic E-state index is 14.5. The summed E-state index contributed by atoms with van der Waals surface area (Å²) < 4.78 is 11.6. The van der Waals surface area contributed by atoms with E-state index >= 15 is 0 Å². The summed E-state index contributed by atoms with van der Waals surface area (Å²) in [5.74, 6) is 1.76. The second kappa shape index (κ2) is 14.4. The average Bonchev–Trinajstić information content (AvgIpc) is 3.39. The average molecular weight is 634 g/mol. The van der Waals surface area contributed by atoms with E-state index in [1.165, 1.54) is 0 Å². The highest BCUT2D eigenvalue weighted by molar-refractivity contribution is 6.30. The lowest BCUT2D eigenvalue weighted by Gasteiger charge is -2.39. The first-order chi connectivity index (χ1) is 19.9. The predicted octanol–water partition coefficient (Wildman–Crippen LogP) is 6.10. The zero-order chi connectivity index (χ0) is 28.9. The molecule has 3 aromatic rings. The van der Waals surface area contributed by atoms with Crippen molar-refractivity contribution in [2.75, 3.05) is 53.0 Å². The van der Waals surface area contributed by atoms with Gasteiger partial charge in [-0.1, -0.05) is 47.5 Å². The summed E-state index contributed by atoms with van der Waals surface area (Å²) in [5.41, 5.74) is 2.51. The van der Waals surface area contributed by atoms with Crippen molar-refractivity contribution in [2.24, 2.45) is 4.99 Å². The third-order valence-electron chi connectivity index (χ3n) is 7.48. The van der Waals surface area contributed by atoms with Crippen LogP contribution in [0.3, 0.4) is 0 Å². The summed E-state index contributed by atoms with van der Waals surface area (Å²) in [6, 6.07) is 19.7. The summed E-state index contributed by atoms with van der Waals surface area (Å²) in [7, 11) is 1.61. The molecule has 11 heteroatoms. The van der Waals surface area contributed by atoms with Crippen molar-refractivity contribution in [3.05, 3.63) is 93.5 Å². The Morgan fingerprint density at radius 3 is 2.14 bits per heavy atom. The van der Waals surface area contributed by atoms with Crippen molar-refractivity contribution in [3.8, 4) is 11.5 Å². The van der Waals surface area contributed by atoms with Crippen LogP contribution in [0.15, 0.2) is 71.7 Å². The summed E-state index contributed by atoms with van der Waals surface area (Å²) in [5, 5.41) is 10.6. The first-order valence-corrected chi connectivity index (χ1v) is 14.5. The van der Waals surface area contributed by atoms with Gasteiger partial charge in [0, 0.05) is 42.8 Å². The number of carbonyl (C=O) groups is 1. The summed E-state index contributed by atoms with van der Waals surface area (Å²) in [6.07, 6.45) is 0. The molecule has 0 spiro atoms. The molecule has 0 bridgehead atoms. The second-order valence-corrected chi connectivity index (χ2v) is 10.8. The van der Waals surface area contributed by atoms with E-state index in [1.807, 2.05) is 78.6 Å². The van der Waals surface area contributed by atoms with E-state index in [0.29, 0.717) is 72.3 Å². The van der Waals surface area contributed by atoms with Gasteiger partial charge in [-0.2, -0.15) is 0 Å². The van der Waals surface area contributed by atoms with Gasteiger partial charge in [0.15, 0.2) is 0 Å². The van der Waals surface area contributed by atoms with Crippen molar-refractivity contribution >= 4 is 47.5 Å². The molecule has 0 saturated carbocycles. The van der Waals surface area contributed by atoms with Crippen LogP contribution in [0, 0.1) is 0 Å². The van der Waals surface area contributed by atoms with Crippen LogP contribution in [-0.4, -0.2) is 84.7 Å². The minimum atomic E-state index is -0.452. The minimum absolute atomic E-state index is 0. The van der Waals surface area contributed by atoms with Gasteiger partial charge in [-0.05, 0) is 60.5 Å². The number of methoxy groups -OCH3 is 1. The van der Waals surface area contributed by atoms with Crippen molar-refractivity contribution in [3.63, 3.8) is 0 Å². The van der Waals surface area contributed by atoms with E-state index in [0.717, 1.165) is 11.1 Å². The van der Waals surface area contributed by atoms with Crippen molar-refractivity contribution in [1.82, 2.24) is 14.7 Å². The van der Waals surface area contributed by atoms with E-state index in [9.17, 15) is 9.90 Å². The van der Waals surface area contributed by atoms with Crippen molar-refractivity contribution < 1.29 is 19.4 Å². The van der Waals surface area contributed by atoms with Crippen LogP contribution in [0.4, 0.5) is 4.79 Å². The molecule has 2 aliphatic rings. The van der Waals surface area contributed by atoms with Crippen molar-refractivity contribution in [2.45, 2.75) is 19.0 Å². The molecule has 1 fully saturated rings. The molecule has 224 valence electrons. The largest absolute Gasteiger partial charge is 0.497 e. The number of aliphatic hydroxyl groups excluding tert-OH is 1. The molecule has 1 saturated heterocycles. The molecular formula is C31H35Cl3N4O4. The third-order valence-corrected chi connectivity index (χ3v) is 7.99. The minimum Gasteiger partial charge on any atom is -0.497 e. The van der Waals surface area contributed by atoms with Gasteiger partial charge < -0.3 is 19.5 Å². The Labute approximate surface area is 262 Å². The molecule has 2 unspecified atom stereocenters. The first kappa shape index (κ1) is 31.9. The number of benzene rings is 3. The van der Waals surface area contributed by atoms with Crippen LogP contribution in [-0.2, 0) is 0 Å². The second-order valence-electron chi connectivity index (χ2n) is 9.95. The van der Waals surface area contributed by atoms with Gasteiger partial charge in [-0.3, -0.25) is 14.8 Å². The first-order valence-electron chi connectivity index (χ1n) is 13.7. The zero-order valence-corrected chi connectivity index (χ0v) is 25.9. The molecule has 5 rings (SSSR count). The van der Waals surface area contributed by atoms with Gasteiger partial charge in [0.25, 0.3) is 0 Å². The van der Waals surface area contributed by atoms with Crippen LogP contribution in [0.25, 0.3) is 0 Å². The normalized spacial score (nSPS) is 18.8. The van der Waals surface area contributed by atoms with E-state index in [1.54, 1.807) is 12.0 Å². The van der Waals surface area contributed by atoms with Crippen molar-refractivity contribution in [1.29, 1.82) is 0 Å². The molecule has 2 amide bonds. The van der Waals surface area contributed by atoms with Crippen LogP contribution >= 0.6 is 35.6 Å². The number of carbonyl (C=O) groups excluding carboxylic acids is 1. The Balaban J connectivity index is 0.00000405. The Bertz CT molecular complexity index is 1380. The zero-order valence-electron chi connectivity index (χ0n) is 23.6. The van der Waals surface area contributed by atoms with Gasteiger partial charge in [-0.25, -0.2) is 4.79 Å². The van der Waals surface area contributed by atoms with Crippen LogP contribution < -0.4 is 9.47 Å². The Kier molecular flexibility index (Phi) is 11.0. The molecule has 2 atom stereocenters. The standard InChI is InChI=1S/C31H34Cl2N4O4.ClH/c1-3-41-27-13-12-25(40-2)20-26(27)30-34-28(21-4-8-23(32)9-5-21)29(22-6-10-24(33)11-7-22)37(30)31(39)36-16-14-35(15-17-36)18-19-38;/h4-13,20,28-29,38H,3,14-19H2,1-2H3;1H. The highest BCUT2D eigenvalue weighted by atomic mass is 35.5. The molecule has 0 radical (unpaired) electrons. The number of β-amino-alcohol motifs (C(OH)–C–C–N with tert-alkyl or cyclic N) is 1. The van der Waals surface area contributed by atoms with Gasteiger partial charge in [0.05, 0.1) is 31.9 Å². The van der Waals surface area contributed by atoms with Crippen LogP contribution in [0.2, 0.25) is 10.0 Å². The summed E-state index contributed by atoms with van der Waals surface area (Å²) in [6.45, 7) is 5.50. The summed E-state index contributed by atoms with van der Waals surface area (Å²) in [4.78, 5) is 25.6. The number of amides is 2. The monoisotopic (exact) mass is 632 g/mol. The van der Waals surface area contributed by atoms with E-state index < -0.39 is 12.1 Å². The molecule has 1 N–H and O–H groups in total. The highest BCUT2D eigenvalue weighted by Crippen LogP contribution is 2.46. The number of hydrogen-bond acceptors (Lipinski definition) is 6. The maximum atomic E-state index is 14.5. The smallest absolute Gasteiger partial charge is 0.326 e. The number of ether oxygens (including phenoxy) is 2. The number of amidine groups is 1. The van der Waals surface area contributed by atoms with E-state index in [2.05, 4.69) is 4.90 Å². The molecule has 2 aliphatic heterocycles.